The van der Waals surface area contributed by atoms with Crippen molar-refractivity contribution in [3.05, 3.63) is 60.0 Å². The number of nitro groups is 1. The molecule has 0 aliphatic rings. The summed E-state index contributed by atoms with van der Waals surface area (Å²) in [5.41, 5.74) is 3.79. The fourth-order valence-electron chi connectivity index (χ4n) is 2.27. The summed E-state index contributed by atoms with van der Waals surface area (Å²) in [5.74, 6) is -0.515. The minimum atomic E-state index is -0.717. The Hall–Kier alpha value is -2.46. The Kier molecular flexibility index (Phi) is 6.92. The first-order valence-electron chi connectivity index (χ1n) is 7.57. The van der Waals surface area contributed by atoms with Gasteiger partial charge in [0.05, 0.1) is 15.6 Å². The van der Waals surface area contributed by atoms with Crippen LogP contribution < -0.4 is 10.2 Å². The predicted octanol–water partition coefficient (Wildman–Crippen LogP) is 3.97. The number of amides is 1. The van der Waals surface area contributed by atoms with Crippen molar-refractivity contribution in [1.29, 1.82) is 0 Å². The molecule has 0 aromatic heterocycles. The Bertz CT molecular complexity index is 908. The monoisotopic (exact) mass is 499 g/mol. The van der Waals surface area contributed by atoms with E-state index in [-0.39, 0.29) is 12.2 Å². The van der Waals surface area contributed by atoms with Gasteiger partial charge in [-0.3, -0.25) is 14.9 Å². The van der Waals surface area contributed by atoms with Crippen molar-refractivity contribution in [2.24, 2.45) is 5.10 Å². The van der Waals surface area contributed by atoms with Crippen LogP contribution in [0.3, 0.4) is 0 Å². The second-order valence-electron chi connectivity index (χ2n) is 5.59. The first kappa shape index (κ1) is 20.8. The Morgan fingerprint density at radius 1 is 1.33 bits per heavy atom. The molecule has 0 spiro atoms. The molecule has 0 bridgehead atoms. The first-order valence-corrected chi connectivity index (χ1v) is 9.16. The van der Waals surface area contributed by atoms with Gasteiger partial charge in [0.2, 0.25) is 5.75 Å². The summed E-state index contributed by atoms with van der Waals surface area (Å²) in [6.45, 7) is 3.54. The van der Waals surface area contributed by atoms with Crippen LogP contribution in [0.1, 0.15) is 16.7 Å². The smallest absolute Gasteiger partial charge is 0.312 e. The van der Waals surface area contributed by atoms with Crippen molar-refractivity contribution in [2.75, 3.05) is 6.61 Å². The SMILES string of the molecule is Cc1cc(C)c(OCC(=O)N/N=C\c2cc(Br)cc([N+](=O)[O-])c2O)c(Br)c1. The molecule has 0 unspecified atom stereocenters. The highest BCUT2D eigenvalue weighted by Crippen LogP contribution is 2.32. The Morgan fingerprint density at radius 3 is 2.67 bits per heavy atom. The molecular weight excluding hydrogens is 486 g/mol. The number of halogens is 2. The number of hydrazone groups is 1. The number of carbonyl (C=O) groups excluding carboxylic acids is 1. The van der Waals surface area contributed by atoms with E-state index >= 15 is 0 Å². The van der Waals surface area contributed by atoms with E-state index < -0.39 is 22.3 Å². The number of rotatable bonds is 6. The fourth-order valence-corrected chi connectivity index (χ4v) is 3.52. The van der Waals surface area contributed by atoms with Gasteiger partial charge < -0.3 is 9.84 Å². The van der Waals surface area contributed by atoms with Gasteiger partial charge in [-0.05, 0) is 53.0 Å². The van der Waals surface area contributed by atoms with Gasteiger partial charge in [-0.1, -0.05) is 22.0 Å². The number of phenols is 1. The fraction of sp³-hybridized carbons (Fsp3) is 0.176. The average molecular weight is 501 g/mol. The molecule has 1 amide bonds. The van der Waals surface area contributed by atoms with Gasteiger partial charge in [-0.15, -0.1) is 0 Å². The first-order chi connectivity index (χ1) is 12.7. The minimum Gasteiger partial charge on any atom is -0.502 e. The van der Waals surface area contributed by atoms with Crippen molar-refractivity contribution >= 4 is 49.7 Å². The van der Waals surface area contributed by atoms with E-state index in [2.05, 4.69) is 42.4 Å². The van der Waals surface area contributed by atoms with E-state index in [1.54, 1.807) is 0 Å². The molecular formula is C17H15Br2N3O5. The molecule has 0 radical (unpaired) electrons. The van der Waals surface area contributed by atoms with Crippen molar-refractivity contribution in [2.45, 2.75) is 13.8 Å². The highest BCUT2D eigenvalue weighted by Gasteiger charge is 2.17. The van der Waals surface area contributed by atoms with Gasteiger partial charge >= 0.3 is 5.69 Å². The lowest BCUT2D eigenvalue weighted by Crippen LogP contribution is -2.24. The van der Waals surface area contributed by atoms with E-state index in [1.165, 1.54) is 12.1 Å². The Morgan fingerprint density at radius 2 is 2.04 bits per heavy atom. The van der Waals surface area contributed by atoms with E-state index in [0.29, 0.717) is 10.2 Å². The van der Waals surface area contributed by atoms with Crippen LogP contribution in [0.25, 0.3) is 0 Å². The van der Waals surface area contributed by atoms with Crippen LogP contribution in [0.2, 0.25) is 0 Å². The summed E-state index contributed by atoms with van der Waals surface area (Å²) in [4.78, 5) is 22.1. The standard InChI is InChI=1S/C17H15Br2N3O5/c1-9-3-10(2)17(13(19)4-9)27-8-15(23)21-20-7-11-5-12(18)6-14(16(11)24)22(25)26/h3-7,24H,8H2,1-2H3,(H,21,23)/b20-7-. The van der Waals surface area contributed by atoms with Crippen LogP contribution >= 0.6 is 31.9 Å². The number of ether oxygens (including phenoxy) is 1. The van der Waals surface area contributed by atoms with Gasteiger partial charge in [0.25, 0.3) is 5.91 Å². The summed E-state index contributed by atoms with van der Waals surface area (Å²) >= 11 is 6.51. The lowest BCUT2D eigenvalue weighted by atomic mass is 10.1. The molecule has 0 fully saturated rings. The second kappa shape index (κ2) is 8.96. The lowest BCUT2D eigenvalue weighted by Gasteiger charge is -2.11. The van der Waals surface area contributed by atoms with E-state index in [0.717, 1.165) is 21.8 Å². The largest absolute Gasteiger partial charge is 0.502 e. The molecule has 142 valence electrons. The van der Waals surface area contributed by atoms with Crippen molar-refractivity contribution < 1.29 is 19.6 Å². The maximum absolute atomic E-state index is 11.9. The average Bonchev–Trinajstić information content (AvgIpc) is 2.56. The summed E-state index contributed by atoms with van der Waals surface area (Å²) in [6, 6.07) is 6.41. The molecule has 2 N–H and O–H groups in total. The molecule has 0 aliphatic heterocycles. The van der Waals surface area contributed by atoms with Gasteiger partial charge in [0, 0.05) is 16.1 Å². The summed E-state index contributed by atoms with van der Waals surface area (Å²) < 4.78 is 6.63. The Balaban J connectivity index is 2.01. The molecule has 10 heteroatoms. The molecule has 0 aliphatic carbocycles. The number of aromatic hydroxyl groups is 1. The van der Waals surface area contributed by atoms with Crippen molar-refractivity contribution in [3.8, 4) is 11.5 Å². The van der Waals surface area contributed by atoms with Gasteiger partial charge in [0.1, 0.15) is 5.75 Å². The molecule has 8 nitrogen and oxygen atoms in total. The third kappa shape index (κ3) is 5.51. The normalized spacial score (nSPS) is 10.8. The van der Waals surface area contributed by atoms with Crippen molar-refractivity contribution in [1.82, 2.24) is 5.43 Å². The van der Waals surface area contributed by atoms with E-state index in [1.807, 2.05) is 26.0 Å². The number of hydrogen-bond donors (Lipinski definition) is 2. The molecule has 2 aromatic rings. The van der Waals surface area contributed by atoms with Crippen molar-refractivity contribution in [3.63, 3.8) is 0 Å². The van der Waals surface area contributed by atoms with Gasteiger partial charge in [-0.25, -0.2) is 5.43 Å². The molecule has 27 heavy (non-hydrogen) atoms. The number of nitrogens with zero attached hydrogens (tertiary/aromatic N) is 2. The third-order valence-electron chi connectivity index (χ3n) is 3.39. The molecule has 0 heterocycles. The number of hydrogen-bond acceptors (Lipinski definition) is 6. The summed E-state index contributed by atoms with van der Waals surface area (Å²) in [5, 5.41) is 24.5. The zero-order valence-electron chi connectivity index (χ0n) is 14.3. The van der Waals surface area contributed by atoms with Crippen LogP contribution in [0.4, 0.5) is 5.69 Å². The summed E-state index contributed by atoms with van der Waals surface area (Å²) in [6.07, 6.45) is 1.11. The number of nitro benzene ring substituents is 1. The van der Waals surface area contributed by atoms with Gasteiger partial charge in [-0.2, -0.15) is 5.10 Å². The molecule has 0 saturated heterocycles. The van der Waals surface area contributed by atoms with Crippen LogP contribution in [0.5, 0.6) is 11.5 Å². The third-order valence-corrected chi connectivity index (χ3v) is 4.44. The van der Waals surface area contributed by atoms with Crippen LogP contribution in [0, 0.1) is 24.0 Å². The topological polar surface area (TPSA) is 114 Å². The van der Waals surface area contributed by atoms with Gasteiger partial charge in [0.15, 0.2) is 6.61 Å². The number of carbonyl (C=O) groups is 1. The van der Waals surface area contributed by atoms with Crippen LogP contribution in [0.15, 0.2) is 38.3 Å². The molecule has 0 saturated carbocycles. The van der Waals surface area contributed by atoms with Crippen LogP contribution in [-0.4, -0.2) is 28.8 Å². The molecule has 2 rings (SSSR count). The van der Waals surface area contributed by atoms with Crippen LogP contribution in [-0.2, 0) is 4.79 Å². The maximum Gasteiger partial charge on any atom is 0.312 e. The zero-order valence-corrected chi connectivity index (χ0v) is 17.5. The molecule has 0 atom stereocenters. The van der Waals surface area contributed by atoms with E-state index in [9.17, 15) is 20.0 Å². The second-order valence-corrected chi connectivity index (χ2v) is 7.36. The summed E-state index contributed by atoms with van der Waals surface area (Å²) in [7, 11) is 0. The number of benzene rings is 2. The highest BCUT2D eigenvalue weighted by atomic mass is 79.9. The quantitative estimate of drug-likeness (QED) is 0.354. The number of phenolic OH excluding ortho intramolecular Hbond substituents is 1. The number of aryl methyl sites for hydroxylation is 2. The predicted molar refractivity (Wildman–Crippen MR) is 107 cm³/mol. The Labute approximate surface area is 171 Å². The maximum atomic E-state index is 11.9. The lowest BCUT2D eigenvalue weighted by molar-refractivity contribution is -0.385. The highest BCUT2D eigenvalue weighted by molar-refractivity contribution is 9.10. The number of nitrogens with one attached hydrogen (secondary N) is 1. The minimum absolute atomic E-state index is 0.0782. The van der Waals surface area contributed by atoms with E-state index in [4.69, 9.17) is 4.74 Å². The zero-order chi connectivity index (χ0) is 20.1. The molecule has 2 aromatic carbocycles.